The van der Waals surface area contributed by atoms with Crippen LogP contribution in [0.4, 0.5) is 0 Å². The van der Waals surface area contributed by atoms with Crippen molar-refractivity contribution in [1.82, 2.24) is 4.90 Å². The SMILES string of the molecule is Cc1ccc(Cl)c(OCC(O)CN2CC(O)C(O)C2)c1. The van der Waals surface area contributed by atoms with Crippen LogP contribution in [0.25, 0.3) is 0 Å². The fourth-order valence-electron chi connectivity index (χ4n) is 2.25. The summed E-state index contributed by atoms with van der Waals surface area (Å²) in [4.78, 5) is 1.81. The summed E-state index contributed by atoms with van der Waals surface area (Å²) in [5.74, 6) is 0.548. The number of aliphatic hydroxyl groups excluding tert-OH is 3. The molecule has 0 bridgehead atoms. The van der Waals surface area contributed by atoms with Crippen LogP contribution < -0.4 is 4.74 Å². The fourth-order valence-corrected chi connectivity index (χ4v) is 2.43. The number of hydrogen-bond donors (Lipinski definition) is 3. The Balaban J connectivity index is 1.80. The average Bonchev–Trinajstić information content (AvgIpc) is 2.69. The largest absolute Gasteiger partial charge is 0.489 e. The third-order valence-electron chi connectivity index (χ3n) is 3.32. The molecule has 6 heteroatoms. The van der Waals surface area contributed by atoms with E-state index in [0.717, 1.165) is 5.56 Å². The molecular formula is C14H20ClNO4. The van der Waals surface area contributed by atoms with E-state index in [1.807, 2.05) is 19.1 Å². The third kappa shape index (κ3) is 4.07. The quantitative estimate of drug-likeness (QED) is 0.735. The lowest BCUT2D eigenvalue weighted by Crippen LogP contribution is -2.35. The molecule has 0 amide bonds. The Morgan fingerprint density at radius 3 is 2.65 bits per heavy atom. The van der Waals surface area contributed by atoms with E-state index in [-0.39, 0.29) is 6.61 Å². The standard InChI is InChI=1S/C14H20ClNO4/c1-9-2-3-11(15)14(4-9)20-8-10(17)5-16-6-12(18)13(19)7-16/h2-4,10,12-13,17-19H,5-8H2,1H3. The molecule has 3 N–H and O–H groups in total. The van der Waals surface area contributed by atoms with E-state index in [9.17, 15) is 15.3 Å². The van der Waals surface area contributed by atoms with Gasteiger partial charge in [-0.15, -0.1) is 0 Å². The van der Waals surface area contributed by atoms with Gasteiger partial charge in [0, 0.05) is 19.6 Å². The first kappa shape index (κ1) is 15.5. The Bertz CT molecular complexity index is 447. The predicted octanol–water partition coefficient (Wildman–Crippen LogP) is 0.426. The van der Waals surface area contributed by atoms with Gasteiger partial charge in [0.05, 0.1) is 17.2 Å². The predicted molar refractivity (Wildman–Crippen MR) is 76.1 cm³/mol. The number of halogens is 1. The van der Waals surface area contributed by atoms with Gasteiger partial charge in [-0.25, -0.2) is 0 Å². The molecule has 1 saturated heterocycles. The van der Waals surface area contributed by atoms with Crippen molar-refractivity contribution in [1.29, 1.82) is 0 Å². The van der Waals surface area contributed by atoms with Gasteiger partial charge >= 0.3 is 0 Å². The minimum absolute atomic E-state index is 0.117. The number of hydrogen-bond acceptors (Lipinski definition) is 5. The first-order valence-corrected chi connectivity index (χ1v) is 6.99. The highest BCUT2D eigenvalue weighted by atomic mass is 35.5. The zero-order valence-corrected chi connectivity index (χ0v) is 12.1. The lowest BCUT2D eigenvalue weighted by Gasteiger charge is -2.20. The monoisotopic (exact) mass is 301 g/mol. The van der Waals surface area contributed by atoms with Crippen molar-refractivity contribution in [3.63, 3.8) is 0 Å². The van der Waals surface area contributed by atoms with Gasteiger partial charge < -0.3 is 20.1 Å². The smallest absolute Gasteiger partial charge is 0.138 e. The number of benzene rings is 1. The van der Waals surface area contributed by atoms with Crippen LogP contribution in [0.2, 0.25) is 5.02 Å². The summed E-state index contributed by atoms with van der Waals surface area (Å²) in [6, 6.07) is 5.46. The third-order valence-corrected chi connectivity index (χ3v) is 3.63. The maximum absolute atomic E-state index is 9.93. The molecule has 1 aliphatic heterocycles. The number of β-amino-alcohol motifs (C(OH)–C–C–N with tert-alkyl or cyclic N) is 3. The van der Waals surface area contributed by atoms with Crippen LogP contribution in [-0.4, -0.2) is 64.8 Å². The summed E-state index contributed by atoms with van der Waals surface area (Å²) in [7, 11) is 0. The van der Waals surface area contributed by atoms with Crippen LogP contribution in [0.5, 0.6) is 5.75 Å². The summed E-state index contributed by atoms with van der Waals surface area (Å²) in [6.07, 6.45) is -2.19. The molecule has 1 fully saturated rings. The van der Waals surface area contributed by atoms with Crippen molar-refractivity contribution in [3.05, 3.63) is 28.8 Å². The maximum Gasteiger partial charge on any atom is 0.138 e. The van der Waals surface area contributed by atoms with E-state index in [0.29, 0.717) is 30.4 Å². The van der Waals surface area contributed by atoms with Gasteiger partial charge in [-0.3, -0.25) is 4.90 Å². The number of aliphatic hydroxyl groups is 3. The second-order valence-electron chi connectivity index (χ2n) is 5.25. The topological polar surface area (TPSA) is 73.2 Å². The van der Waals surface area contributed by atoms with E-state index < -0.39 is 18.3 Å². The first-order chi connectivity index (χ1) is 9.45. The van der Waals surface area contributed by atoms with Crippen LogP contribution >= 0.6 is 11.6 Å². The average molecular weight is 302 g/mol. The Hall–Kier alpha value is -0.850. The second-order valence-corrected chi connectivity index (χ2v) is 5.66. The van der Waals surface area contributed by atoms with Crippen LogP contribution in [0.3, 0.4) is 0 Å². The molecule has 1 aromatic carbocycles. The molecular weight excluding hydrogens is 282 g/mol. The van der Waals surface area contributed by atoms with Gasteiger partial charge in [0.2, 0.25) is 0 Å². The maximum atomic E-state index is 9.93. The van der Waals surface area contributed by atoms with Crippen LogP contribution in [0.1, 0.15) is 5.56 Å². The molecule has 0 spiro atoms. The minimum atomic E-state index is -0.741. The molecule has 0 aliphatic carbocycles. The van der Waals surface area contributed by atoms with Gasteiger partial charge in [0.1, 0.15) is 18.5 Å². The van der Waals surface area contributed by atoms with Crippen molar-refractivity contribution >= 4 is 11.6 Å². The molecule has 3 unspecified atom stereocenters. The molecule has 0 saturated carbocycles. The number of rotatable bonds is 5. The minimum Gasteiger partial charge on any atom is -0.489 e. The van der Waals surface area contributed by atoms with Crippen molar-refractivity contribution in [3.8, 4) is 5.75 Å². The number of ether oxygens (including phenoxy) is 1. The lowest BCUT2D eigenvalue weighted by atomic mass is 10.2. The van der Waals surface area contributed by atoms with E-state index in [1.165, 1.54) is 0 Å². The molecule has 5 nitrogen and oxygen atoms in total. The highest BCUT2D eigenvalue weighted by molar-refractivity contribution is 6.32. The van der Waals surface area contributed by atoms with Gasteiger partial charge in [-0.1, -0.05) is 17.7 Å². The highest BCUT2D eigenvalue weighted by Crippen LogP contribution is 2.25. The first-order valence-electron chi connectivity index (χ1n) is 6.61. The zero-order valence-electron chi connectivity index (χ0n) is 11.4. The molecule has 1 heterocycles. The van der Waals surface area contributed by atoms with Gasteiger partial charge in [0.25, 0.3) is 0 Å². The summed E-state index contributed by atoms with van der Waals surface area (Å²) in [5.41, 5.74) is 1.03. The van der Waals surface area contributed by atoms with Crippen molar-refractivity contribution in [2.24, 2.45) is 0 Å². The molecule has 20 heavy (non-hydrogen) atoms. The van der Waals surface area contributed by atoms with E-state index >= 15 is 0 Å². The normalized spacial score (nSPS) is 24.9. The van der Waals surface area contributed by atoms with Crippen LogP contribution in [-0.2, 0) is 0 Å². The Morgan fingerprint density at radius 2 is 2.00 bits per heavy atom. The van der Waals surface area contributed by atoms with E-state index in [1.54, 1.807) is 11.0 Å². The Morgan fingerprint density at radius 1 is 1.35 bits per heavy atom. The number of likely N-dealkylation sites (tertiary alicyclic amines) is 1. The van der Waals surface area contributed by atoms with Crippen LogP contribution in [0.15, 0.2) is 18.2 Å². The number of nitrogens with zero attached hydrogens (tertiary/aromatic N) is 1. The molecule has 1 aromatic rings. The van der Waals surface area contributed by atoms with Gasteiger partial charge in [0.15, 0.2) is 0 Å². The Kier molecular flexibility index (Phi) is 5.23. The molecule has 0 radical (unpaired) electrons. The second kappa shape index (κ2) is 6.74. The van der Waals surface area contributed by atoms with Crippen LogP contribution in [0, 0.1) is 6.92 Å². The van der Waals surface area contributed by atoms with E-state index in [4.69, 9.17) is 16.3 Å². The fraction of sp³-hybridized carbons (Fsp3) is 0.571. The summed E-state index contributed by atoms with van der Waals surface area (Å²) < 4.78 is 5.51. The van der Waals surface area contributed by atoms with Crippen molar-refractivity contribution in [2.75, 3.05) is 26.2 Å². The summed E-state index contributed by atoms with van der Waals surface area (Å²) in [5, 5.41) is 29.3. The summed E-state index contributed by atoms with van der Waals surface area (Å²) in [6.45, 7) is 3.13. The molecule has 1 aliphatic rings. The Labute approximate surface area is 123 Å². The highest BCUT2D eigenvalue weighted by Gasteiger charge is 2.30. The number of aryl methyl sites for hydroxylation is 1. The molecule has 3 atom stereocenters. The van der Waals surface area contributed by atoms with E-state index in [2.05, 4.69) is 0 Å². The van der Waals surface area contributed by atoms with Gasteiger partial charge in [-0.05, 0) is 24.6 Å². The van der Waals surface area contributed by atoms with Crippen molar-refractivity contribution < 1.29 is 20.1 Å². The lowest BCUT2D eigenvalue weighted by molar-refractivity contribution is 0.0572. The molecule has 0 aromatic heterocycles. The zero-order chi connectivity index (χ0) is 14.7. The van der Waals surface area contributed by atoms with Gasteiger partial charge in [-0.2, -0.15) is 0 Å². The summed E-state index contributed by atoms with van der Waals surface area (Å²) >= 11 is 6.01. The molecule has 112 valence electrons. The van der Waals surface area contributed by atoms with Crippen molar-refractivity contribution in [2.45, 2.75) is 25.2 Å². The molecule has 2 rings (SSSR count).